The van der Waals surface area contributed by atoms with Crippen LogP contribution in [-0.2, 0) is 4.79 Å². The highest BCUT2D eigenvalue weighted by atomic mass is 16.2. The normalized spacial score (nSPS) is 22.6. The molecule has 14 heavy (non-hydrogen) atoms. The molecular formula is C10H21N3O. The van der Waals surface area contributed by atoms with E-state index in [-0.39, 0.29) is 5.91 Å². The summed E-state index contributed by atoms with van der Waals surface area (Å²) >= 11 is 0. The van der Waals surface area contributed by atoms with E-state index < -0.39 is 0 Å². The minimum atomic E-state index is 0.140. The van der Waals surface area contributed by atoms with Crippen LogP contribution >= 0.6 is 0 Å². The van der Waals surface area contributed by atoms with Gasteiger partial charge in [0.1, 0.15) is 0 Å². The molecule has 1 aliphatic rings. The number of hydrogen-bond acceptors (Lipinski definition) is 3. The van der Waals surface area contributed by atoms with Crippen LogP contribution in [0.4, 0.5) is 0 Å². The molecule has 0 bridgehead atoms. The van der Waals surface area contributed by atoms with Gasteiger partial charge in [-0.3, -0.25) is 9.69 Å². The molecule has 4 nitrogen and oxygen atoms in total. The summed E-state index contributed by atoms with van der Waals surface area (Å²) in [5, 5.41) is 2.81. The van der Waals surface area contributed by atoms with Crippen molar-refractivity contribution in [2.45, 2.75) is 19.8 Å². The second-order valence-corrected chi connectivity index (χ2v) is 3.92. The van der Waals surface area contributed by atoms with Crippen LogP contribution < -0.4 is 11.1 Å². The maximum absolute atomic E-state index is 11.3. The summed E-state index contributed by atoms with van der Waals surface area (Å²) in [5.74, 6) is 0.843. The highest BCUT2D eigenvalue weighted by molar-refractivity contribution is 5.77. The first kappa shape index (κ1) is 11.5. The summed E-state index contributed by atoms with van der Waals surface area (Å²) in [4.78, 5) is 13.5. The lowest BCUT2D eigenvalue weighted by molar-refractivity contribution is -0.121. The lowest BCUT2D eigenvalue weighted by Gasteiger charge is -2.14. The number of hydrogen-bond donors (Lipinski definition) is 2. The van der Waals surface area contributed by atoms with E-state index in [2.05, 4.69) is 10.2 Å². The Bertz CT molecular complexity index is 184. The SMILES string of the molecule is CCNC(=O)CN1CCC(CCN)C1. The van der Waals surface area contributed by atoms with Gasteiger partial charge in [-0.2, -0.15) is 0 Å². The zero-order valence-electron chi connectivity index (χ0n) is 8.96. The zero-order valence-corrected chi connectivity index (χ0v) is 8.96. The van der Waals surface area contributed by atoms with Crippen molar-refractivity contribution in [2.75, 3.05) is 32.7 Å². The molecular weight excluding hydrogens is 178 g/mol. The Hall–Kier alpha value is -0.610. The van der Waals surface area contributed by atoms with Gasteiger partial charge in [0.05, 0.1) is 6.54 Å². The first-order valence-electron chi connectivity index (χ1n) is 5.45. The highest BCUT2D eigenvalue weighted by Gasteiger charge is 2.22. The van der Waals surface area contributed by atoms with Crippen molar-refractivity contribution in [3.63, 3.8) is 0 Å². The van der Waals surface area contributed by atoms with Crippen LogP contribution in [-0.4, -0.2) is 43.5 Å². The van der Waals surface area contributed by atoms with E-state index in [4.69, 9.17) is 5.73 Å². The first-order chi connectivity index (χ1) is 6.76. The molecule has 1 saturated heterocycles. The molecule has 82 valence electrons. The number of rotatable bonds is 5. The lowest BCUT2D eigenvalue weighted by atomic mass is 10.1. The van der Waals surface area contributed by atoms with Crippen LogP contribution in [0.5, 0.6) is 0 Å². The molecule has 1 unspecified atom stereocenters. The molecule has 1 amide bonds. The molecule has 1 heterocycles. The number of likely N-dealkylation sites (N-methyl/N-ethyl adjacent to an activating group) is 1. The molecule has 0 aliphatic carbocycles. The minimum Gasteiger partial charge on any atom is -0.355 e. The van der Waals surface area contributed by atoms with Crippen molar-refractivity contribution in [3.05, 3.63) is 0 Å². The Balaban J connectivity index is 2.18. The smallest absolute Gasteiger partial charge is 0.234 e. The molecule has 1 aliphatic heterocycles. The molecule has 0 radical (unpaired) electrons. The molecule has 0 aromatic rings. The fourth-order valence-electron chi connectivity index (χ4n) is 1.98. The monoisotopic (exact) mass is 199 g/mol. The summed E-state index contributed by atoms with van der Waals surface area (Å²) in [6, 6.07) is 0. The lowest BCUT2D eigenvalue weighted by Crippen LogP contribution is -2.36. The van der Waals surface area contributed by atoms with Crippen LogP contribution in [0.3, 0.4) is 0 Å². The molecule has 0 aromatic carbocycles. The third kappa shape index (κ3) is 3.64. The molecule has 1 fully saturated rings. The van der Waals surface area contributed by atoms with Gasteiger partial charge in [0.15, 0.2) is 0 Å². The summed E-state index contributed by atoms with van der Waals surface area (Å²) in [6.45, 7) is 6.06. The maximum Gasteiger partial charge on any atom is 0.234 e. The average molecular weight is 199 g/mol. The van der Waals surface area contributed by atoms with E-state index in [1.54, 1.807) is 0 Å². The molecule has 0 saturated carbocycles. The van der Waals surface area contributed by atoms with Gasteiger partial charge in [-0.05, 0) is 38.8 Å². The van der Waals surface area contributed by atoms with Gasteiger partial charge in [-0.15, -0.1) is 0 Å². The predicted molar refractivity (Wildman–Crippen MR) is 56.9 cm³/mol. The third-order valence-corrected chi connectivity index (χ3v) is 2.69. The Morgan fingerprint density at radius 1 is 1.64 bits per heavy atom. The van der Waals surface area contributed by atoms with E-state index in [0.29, 0.717) is 12.5 Å². The molecule has 0 aromatic heterocycles. The van der Waals surface area contributed by atoms with Gasteiger partial charge < -0.3 is 11.1 Å². The van der Waals surface area contributed by atoms with E-state index in [1.165, 1.54) is 6.42 Å². The molecule has 0 spiro atoms. The minimum absolute atomic E-state index is 0.140. The molecule has 1 atom stereocenters. The predicted octanol–water partition coefficient (Wildman–Crippen LogP) is -0.207. The second-order valence-electron chi connectivity index (χ2n) is 3.92. The number of amides is 1. The number of carbonyl (C=O) groups excluding carboxylic acids is 1. The third-order valence-electron chi connectivity index (χ3n) is 2.69. The van der Waals surface area contributed by atoms with Gasteiger partial charge in [0.2, 0.25) is 5.91 Å². The fraction of sp³-hybridized carbons (Fsp3) is 0.900. The Morgan fingerprint density at radius 3 is 3.07 bits per heavy atom. The van der Waals surface area contributed by atoms with Crippen LogP contribution in [0.25, 0.3) is 0 Å². The van der Waals surface area contributed by atoms with Crippen LogP contribution in [0, 0.1) is 5.92 Å². The van der Waals surface area contributed by atoms with E-state index in [9.17, 15) is 4.79 Å². The van der Waals surface area contributed by atoms with Crippen molar-refractivity contribution in [1.29, 1.82) is 0 Å². The summed E-state index contributed by atoms with van der Waals surface area (Å²) in [5.41, 5.74) is 5.50. The number of carbonyl (C=O) groups is 1. The Labute approximate surface area is 85.8 Å². The standard InChI is InChI=1S/C10H21N3O/c1-2-12-10(14)8-13-6-4-9(7-13)3-5-11/h9H,2-8,11H2,1H3,(H,12,14). The largest absolute Gasteiger partial charge is 0.355 e. The van der Waals surface area contributed by atoms with Gasteiger partial charge in [0, 0.05) is 13.1 Å². The molecule has 3 N–H and O–H groups in total. The van der Waals surface area contributed by atoms with Crippen LogP contribution in [0.2, 0.25) is 0 Å². The molecule has 4 heteroatoms. The van der Waals surface area contributed by atoms with Gasteiger partial charge >= 0.3 is 0 Å². The van der Waals surface area contributed by atoms with Crippen molar-refractivity contribution >= 4 is 5.91 Å². The van der Waals surface area contributed by atoms with E-state index in [0.717, 1.165) is 32.6 Å². The Kier molecular flexibility index (Phi) is 4.90. The average Bonchev–Trinajstić information content (AvgIpc) is 2.53. The van der Waals surface area contributed by atoms with Crippen LogP contribution in [0.15, 0.2) is 0 Å². The second kappa shape index (κ2) is 5.98. The quantitative estimate of drug-likeness (QED) is 0.644. The van der Waals surface area contributed by atoms with Crippen molar-refractivity contribution in [2.24, 2.45) is 11.7 Å². The number of nitrogens with zero attached hydrogens (tertiary/aromatic N) is 1. The maximum atomic E-state index is 11.3. The van der Waals surface area contributed by atoms with Gasteiger partial charge in [-0.1, -0.05) is 0 Å². The summed E-state index contributed by atoms with van der Waals surface area (Å²) in [7, 11) is 0. The number of nitrogens with one attached hydrogen (secondary N) is 1. The highest BCUT2D eigenvalue weighted by Crippen LogP contribution is 2.17. The topological polar surface area (TPSA) is 58.4 Å². The number of likely N-dealkylation sites (tertiary alicyclic amines) is 1. The Morgan fingerprint density at radius 2 is 2.43 bits per heavy atom. The zero-order chi connectivity index (χ0) is 10.4. The number of nitrogens with two attached hydrogens (primary N) is 1. The van der Waals surface area contributed by atoms with Crippen LogP contribution in [0.1, 0.15) is 19.8 Å². The van der Waals surface area contributed by atoms with Gasteiger partial charge in [-0.25, -0.2) is 0 Å². The summed E-state index contributed by atoms with van der Waals surface area (Å²) in [6.07, 6.45) is 2.28. The molecule has 1 rings (SSSR count). The van der Waals surface area contributed by atoms with E-state index >= 15 is 0 Å². The summed E-state index contributed by atoms with van der Waals surface area (Å²) < 4.78 is 0. The van der Waals surface area contributed by atoms with Gasteiger partial charge in [0.25, 0.3) is 0 Å². The first-order valence-corrected chi connectivity index (χ1v) is 5.45. The fourth-order valence-corrected chi connectivity index (χ4v) is 1.98. The van der Waals surface area contributed by atoms with Crippen molar-refractivity contribution < 1.29 is 4.79 Å². The van der Waals surface area contributed by atoms with Crippen molar-refractivity contribution in [1.82, 2.24) is 10.2 Å². The van der Waals surface area contributed by atoms with Crippen molar-refractivity contribution in [3.8, 4) is 0 Å². The van der Waals surface area contributed by atoms with E-state index in [1.807, 2.05) is 6.92 Å².